The van der Waals surface area contributed by atoms with Gasteiger partial charge >= 0.3 is 0 Å². The molecule has 1 amide bonds. The van der Waals surface area contributed by atoms with Gasteiger partial charge in [-0.3, -0.25) is 9.59 Å². The zero-order valence-corrected chi connectivity index (χ0v) is 13.2. The first kappa shape index (κ1) is 14.9. The molecular weight excluding hydrogens is 294 g/mol. The normalized spacial score (nSPS) is 17.8. The SMILES string of the molecule is CC1CC(=O)N(CC(=O)c2ccccc2)c2ccccc2S1. The van der Waals surface area contributed by atoms with E-state index in [4.69, 9.17) is 0 Å². The second-order valence-electron chi connectivity index (χ2n) is 5.37. The third kappa shape index (κ3) is 3.07. The summed E-state index contributed by atoms with van der Waals surface area (Å²) < 4.78 is 0. The molecule has 3 rings (SSSR count). The Bertz CT molecular complexity index is 699. The van der Waals surface area contributed by atoms with Crippen LogP contribution < -0.4 is 4.90 Å². The van der Waals surface area contributed by atoms with Crippen LogP contribution in [0.3, 0.4) is 0 Å². The number of carbonyl (C=O) groups excluding carboxylic acids is 2. The van der Waals surface area contributed by atoms with Gasteiger partial charge in [0.25, 0.3) is 0 Å². The van der Waals surface area contributed by atoms with Crippen LogP contribution in [-0.2, 0) is 4.79 Å². The molecule has 112 valence electrons. The lowest BCUT2D eigenvalue weighted by Crippen LogP contribution is -2.36. The minimum Gasteiger partial charge on any atom is -0.303 e. The molecule has 1 atom stereocenters. The van der Waals surface area contributed by atoms with Crippen molar-refractivity contribution in [3.8, 4) is 0 Å². The van der Waals surface area contributed by atoms with Gasteiger partial charge in [-0.25, -0.2) is 0 Å². The van der Waals surface area contributed by atoms with Gasteiger partial charge in [-0.05, 0) is 12.1 Å². The highest BCUT2D eigenvalue weighted by atomic mass is 32.2. The third-order valence-electron chi connectivity index (χ3n) is 3.64. The molecule has 0 fully saturated rings. The standard InChI is InChI=1S/C18H17NO2S/c1-13-11-18(21)19(15-9-5-6-10-17(15)22-13)12-16(20)14-7-3-2-4-8-14/h2-10,13H,11-12H2,1H3. The Morgan fingerprint density at radius 2 is 1.82 bits per heavy atom. The first-order valence-corrected chi connectivity index (χ1v) is 8.17. The zero-order valence-electron chi connectivity index (χ0n) is 12.4. The maximum atomic E-state index is 12.5. The quantitative estimate of drug-likeness (QED) is 0.809. The maximum Gasteiger partial charge on any atom is 0.228 e. The number of carbonyl (C=O) groups is 2. The third-order valence-corrected chi connectivity index (χ3v) is 4.81. The summed E-state index contributed by atoms with van der Waals surface area (Å²) in [5.74, 6) is -0.0301. The molecule has 0 aliphatic carbocycles. The van der Waals surface area contributed by atoms with Gasteiger partial charge in [0.05, 0.1) is 12.2 Å². The molecule has 1 unspecified atom stereocenters. The van der Waals surface area contributed by atoms with E-state index in [0.717, 1.165) is 10.6 Å². The summed E-state index contributed by atoms with van der Waals surface area (Å²) in [5.41, 5.74) is 1.48. The van der Waals surface area contributed by atoms with Crippen LogP contribution in [0.15, 0.2) is 59.5 Å². The molecule has 1 heterocycles. The average Bonchev–Trinajstić information content (AvgIpc) is 2.64. The van der Waals surface area contributed by atoms with Crippen LogP contribution in [0, 0.1) is 0 Å². The Balaban J connectivity index is 1.91. The lowest BCUT2D eigenvalue weighted by Gasteiger charge is -2.21. The maximum absolute atomic E-state index is 12.5. The number of Topliss-reactive ketones (excluding diaryl/α,β-unsaturated/α-hetero) is 1. The Hall–Kier alpha value is -2.07. The Kier molecular flexibility index (Phi) is 4.29. The summed E-state index contributed by atoms with van der Waals surface area (Å²) in [6.07, 6.45) is 0.446. The number of benzene rings is 2. The van der Waals surface area contributed by atoms with Crippen LogP contribution in [-0.4, -0.2) is 23.5 Å². The number of para-hydroxylation sites is 1. The van der Waals surface area contributed by atoms with Crippen molar-refractivity contribution in [1.82, 2.24) is 0 Å². The topological polar surface area (TPSA) is 37.4 Å². The number of ketones is 1. The van der Waals surface area contributed by atoms with E-state index in [9.17, 15) is 9.59 Å². The first-order valence-electron chi connectivity index (χ1n) is 7.29. The van der Waals surface area contributed by atoms with Crippen LogP contribution in [0.25, 0.3) is 0 Å². The van der Waals surface area contributed by atoms with Crippen LogP contribution in [0.1, 0.15) is 23.7 Å². The Morgan fingerprint density at radius 1 is 1.14 bits per heavy atom. The number of anilines is 1. The van der Waals surface area contributed by atoms with Crippen molar-refractivity contribution in [3.05, 3.63) is 60.2 Å². The molecule has 0 N–H and O–H groups in total. The summed E-state index contributed by atoms with van der Waals surface area (Å²) in [6.45, 7) is 2.13. The number of thioether (sulfide) groups is 1. The number of nitrogens with zero attached hydrogens (tertiary/aromatic N) is 1. The van der Waals surface area contributed by atoms with E-state index >= 15 is 0 Å². The van der Waals surface area contributed by atoms with Gasteiger partial charge in [0.2, 0.25) is 5.91 Å². The van der Waals surface area contributed by atoms with E-state index < -0.39 is 0 Å². The van der Waals surface area contributed by atoms with Crippen molar-refractivity contribution in [3.63, 3.8) is 0 Å². The van der Waals surface area contributed by atoms with Gasteiger partial charge in [-0.15, -0.1) is 11.8 Å². The van der Waals surface area contributed by atoms with Gasteiger partial charge in [0.1, 0.15) is 0 Å². The number of amides is 1. The highest BCUT2D eigenvalue weighted by Gasteiger charge is 2.27. The highest BCUT2D eigenvalue weighted by molar-refractivity contribution is 8.00. The van der Waals surface area contributed by atoms with Crippen LogP contribution in [0.5, 0.6) is 0 Å². The molecule has 4 heteroatoms. The summed E-state index contributed by atoms with van der Waals surface area (Å²) >= 11 is 1.69. The second kappa shape index (κ2) is 6.36. The smallest absolute Gasteiger partial charge is 0.228 e. The Labute approximate surface area is 134 Å². The van der Waals surface area contributed by atoms with E-state index in [0.29, 0.717) is 12.0 Å². The van der Waals surface area contributed by atoms with Crippen LogP contribution in [0.4, 0.5) is 5.69 Å². The summed E-state index contributed by atoms with van der Waals surface area (Å²) in [4.78, 5) is 27.7. The molecule has 0 saturated heterocycles. The van der Waals surface area contributed by atoms with Crippen LogP contribution >= 0.6 is 11.8 Å². The molecule has 0 aromatic heterocycles. The Morgan fingerprint density at radius 3 is 2.59 bits per heavy atom. The van der Waals surface area contributed by atoms with Gasteiger partial charge in [-0.2, -0.15) is 0 Å². The van der Waals surface area contributed by atoms with Crippen molar-refractivity contribution in [1.29, 1.82) is 0 Å². The van der Waals surface area contributed by atoms with Gasteiger partial charge in [0, 0.05) is 22.1 Å². The van der Waals surface area contributed by atoms with E-state index in [2.05, 4.69) is 0 Å². The molecule has 0 radical (unpaired) electrons. The number of hydrogen-bond acceptors (Lipinski definition) is 3. The fourth-order valence-electron chi connectivity index (χ4n) is 2.56. The van der Waals surface area contributed by atoms with Gasteiger partial charge < -0.3 is 4.90 Å². The van der Waals surface area contributed by atoms with Crippen molar-refractivity contribution in [2.24, 2.45) is 0 Å². The molecule has 2 aromatic rings. The predicted molar refractivity (Wildman–Crippen MR) is 89.5 cm³/mol. The monoisotopic (exact) mass is 311 g/mol. The molecule has 0 bridgehead atoms. The van der Waals surface area contributed by atoms with E-state index in [-0.39, 0.29) is 23.5 Å². The molecular formula is C18H17NO2S. The summed E-state index contributed by atoms with van der Waals surface area (Å²) in [7, 11) is 0. The first-order chi connectivity index (χ1) is 10.6. The molecule has 22 heavy (non-hydrogen) atoms. The molecule has 0 saturated carbocycles. The molecule has 0 spiro atoms. The largest absolute Gasteiger partial charge is 0.303 e. The van der Waals surface area contributed by atoms with E-state index in [1.807, 2.05) is 49.4 Å². The van der Waals surface area contributed by atoms with Crippen molar-refractivity contribution >= 4 is 29.1 Å². The predicted octanol–water partition coefficient (Wildman–Crippen LogP) is 3.79. The second-order valence-corrected chi connectivity index (χ2v) is 6.85. The number of hydrogen-bond donors (Lipinski definition) is 0. The van der Waals surface area contributed by atoms with Crippen molar-refractivity contribution in [2.45, 2.75) is 23.5 Å². The molecule has 2 aromatic carbocycles. The van der Waals surface area contributed by atoms with Gasteiger partial charge in [0.15, 0.2) is 5.78 Å². The number of rotatable bonds is 3. The van der Waals surface area contributed by atoms with E-state index in [1.54, 1.807) is 28.8 Å². The molecule has 1 aliphatic heterocycles. The molecule has 3 nitrogen and oxygen atoms in total. The fourth-order valence-corrected chi connectivity index (χ4v) is 3.68. The summed E-state index contributed by atoms with van der Waals surface area (Å²) in [6, 6.07) is 16.9. The van der Waals surface area contributed by atoms with Gasteiger partial charge in [-0.1, -0.05) is 49.4 Å². The lowest BCUT2D eigenvalue weighted by atomic mass is 10.1. The average molecular weight is 311 g/mol. The fraction of sp³-hybridized carbons (Fsp3) is 0.222. The van der Waals surface area contributed by atoms with Crippen molar-refractivity contribution < 1.29 is 9.59 Å². The van der Waals surface area contributed by atoms with E-state index in [1.165, 1.54) is 0 Å². The van der Waals surface area contributed by atoms with Crippen molar-refractivity contribution in [2.75, 3.05) is 11.4 Å². The zero-order chi connectivity index (χ0) is 15.5. The van der Waals surface area contributed by atoms with Crippen LogP contribution in [0.2, 0.25) is 0 Å². The summed E-state index contributed by atoms with van der Waals surface area (Å²) in [5, 5.41) is 0.213. The lowest BCUT2D eigenvalue weighted by molar-refractivity contribution is -0.118. The highest BCUT2D eigenvalue weighted by Crippen LogP contribution is 2.37. The number of fused-ring (bicyclic) bond motifs is 1. The minimum atomic E-state index is -0.0386. The minimum absolute atomic E-state index is 0.00855. The molecule has 1 aliphatic rings.